The number of pyridine rings is 1. The predicted octanol–water partition coefficient (Wildman–Crippen LogP) is 6.39. The van der Waals surface area contributed by atoms with E-state index in [1.165, 1.54) is 6.42 Å². The maximum Gasteiger partial charge on any atom is 0.337 e. The molecular weight excluding hydrogens is 482 g/mol. The molecule has 1 saturated carbocycles. The molecule has 8 heteroatoms. The number of anilines is 1. The number of urea groups is 1. The number of carbonyl (C=O) groups is 2. The number of nitrogens with one attached hydrogen (secondary N) is 2. The fourth-order valence-corrected chi connectivity index (χ4v) is 5.65. The van der Waals surface area contributed by atoms with Gasteiger partial charge in [-0.1, -0.05) is 25.3 Å². The van der Waals surface area contributed by atoms with Crippen molar-refractivity contribution in [1.82, 2.24) is 10.3 Å². The summed E-state index contributed by atoms with van der Waals surface area (Å²) in [6.45, 7) is 11.9. The van der Waals surface area contributed by atoms with E-state index in [9.17, 15) is 14.7 Å². The van der Waals surface area contributed by atoms with Gasteiger partial charge in [-0.25, -0.2) is 14.6 Å². The summed E-state index contributed by atoms with van der Waals surface area (Å²) in [7, 11) is 0. The Morgan fingerprint density at radius 1 is 1.08 bits per heavy atom. The predicted molar refractivity (Wildman–Crippen MR) is 148 cm³/mol. The van der Waals surface area contributed by atoms with Gasteiger partial charge in [0.1, 0.15) is 11.6 Å². The maximum absolute atomic E-state index is 12.9. The molecule has 0 spiro atoms. The molecule has 2 heterocycles. The lowest BCUT2D eigenvalue weighted by Crippen LogP contribution is -2.39. The van der Waals surface area contributed by atoms with Crippen molar-refractivity contribution in [3.8, 4) is 16.9 Å². The highest BCUT2D eigenvalue weighted by atomic mass is 16.5. The summed E-state index contributed by atoms with van der Waals surface area (Å²) in [6.07, 6.45) is 5.92. The van der Waals surface area contributed by atoms with E-state index < -0.39 is 17.7 Å². The number of carbonyl (C=O) groups excluding carboxylic acids is 1. The highest BCUT2D eigenvalue weighted by molar-refractivity contribution is 5.91. The van der Waals surface area contributed by atoms with Crippen LogP contribution in [0.4, 0.5) is 10.6 Å². The van der Waals surface area contributed by atoms with Gasteiger partial charge < -0.3 is 19.9 Å². The van der Waals surface area contributed by atoms with Gasteiger partial charge in [0.2, 0.25) is 0 Å². The summed E-state index contributed by atoms with van der Waals surface area (Å²) in [5, 5.41) is 16.3. The second kappa shape index (κ2) is 11.3. The molecule has 1 unspecified atom stereocenters. The average Bonchev–Trinajstić information content (AvgIpc) is 2.85. The normalized spacial score (nSPS) is 16.8. The lowest BCUT2D eigenvalue weighted by Gasteiger charge is -2.30. The fraction of sp³-hybridized carbons (Fsp3) is 0.567. The lowest BCUT2D eigenvalue weighted by atomic mass is 9.86. The lowest BCUT2D eigenvalue weighted by molar-refractivity contribution is -0.160. The largest absolute Gasteiger partial charge is 0.493 e. The Balaban J connectivity index is 1.83. The summed E-state index contributed by atoms with van der Waals surface area (Å²) in [6, 6.07) is 3.75. The van der Waals surface area contributed by atoms with Crippen LogP contribution in [0.1, 0.15) is 93.3 Å². The number of amides is 2. The van der Waals surface area contributed by atoms with Crippen molar-refractivity contribution in [1.29, 1.82) is 0 Å². The standard InChI is InChI=1S/C30H41N3O5/c1-17-21-13-10-16-37-23(21)15-14-22(17)25-19(3)31-27(33-29(36)32-20-11-8-7-9-12-20)18(2)24(25)26(28(34)35)38-30(4,5)6/h14-15,20,26H,7-13,16H2,1-6H3,(H,34,35)(H2,31,32,33,36). The van der Waals surface area contributed by atoms with Gasteiger partial charge in [-0.05, 0) is 95.5 Å². The molecule has 1 fully saturated rings. The molecule has 1 aromatic heterocycles. The average molecular weight is 524 g/mol. The molecule has 1 aromatic carbocycles. The van der Waals surface area contributed by atoms with Crippen molar-refractivity contribution >= 4 is 17.8 Å². The first kappa shape index (κ1) is 27.9. The van der Waals surface area contributed by atoms with Gasteiger partial charge in [0.15, 0.2) is 6.10 Å². The molecule has 0 saturated heterocycles. The van der Waals surface area contributed by atoms with Gasteiger partial charge >= 0.3 is 12.0 Å². The SMILES string of the molecule is Cc1nc(NC(=O)NC2CCCCC2)c(C)c(C(OC(C)(C)C)C(=O)O)c1-c1ccc2c(c1C)CCCO2. The Morgan fingerprint density at radius 2 is 1.79 bits per heavy atom. The van der Waals surface area contributed by atoms with Crippen LogP contribution in [0.5, 0.6) is 5.75 Å². The van der Waals surface area contributed by atoms with Gasteiger partial charge in [-0.3, -0.25) is 5.32 Å². The molecule has 1 atom stereocenters. The molecule has 1 aliphatic heterocycles. The van der Waals surface area contributed by atoms with Crippen molar-refractivity contribution < 1.29 is 24.2 Å². The number of carboxylic acid groups (broad SMARTS) is 1. The van der Waals surface area contributed by atoms with E-state index in [0.717, 1.165) is 66.5 Å². The van der Waals surface area contributed by atoms with Crippen LogP contribution < -0.4 is 15.4 Å². The van der Waals surface area contributed by atoms with E-state index in [-0.39, 0.29) is 12.1 Å². The van der Waals surface area contributed by atoms with E-state index >= 15 is 0 Å². The van der Waals surface area contributed by atoms with Crippen molar-refractivity contribution in [2.24, 2.45) is 0 Å². The first-order valence-electron chi connectivity index (χ1n) is 13.7. The topological polar surface area (TPSA) is 110 Å². The Morgan fingerprint density at radius 3 is 2.45 bits per heavy atom. The minimum Gasteiger partial charge on any atom is -0.493 e. The highest BCUT2D eigenvalue weighted by Crippen LogP contribution is 2.43. The zero-order valence-electron chi connectivity index (χ0n) is 23.5. The summed E-state index contributed by atoms with van der Waals surface area (Å²) in [5.74, 6) is 0.128. The highest BCUT2D eigenvalue weighted by Gasteiger charge is 2.34. The summed E-state index contributed by atoms with van der Waals surface area (Å²) in [4.78, 5) is 30.4. The number of rotatable bonds is 6. The summed E-state index contributed by atoms with van der Waals surface area (Å²) in [5.41, 5.74) is 4.80. The van der Waals surface area contributed by atoms with Gasteiger partial charge in [0.25, 0.3) is 0 Å². The molecule has 2 aromatic rings. The van der Waals surface area contributed by atoms with Crippen molar-refractivity contribution in [3.63, 3.8) is 0 Å². The van der Waals surface area contributed by atoms with Crippen molar-refractivity contribution in [2.45, 2.75) is 104 Å². The smallest absolute Gasteiger partial charge is 0.337 e. The zero-order valence-corrected chi connectivity index (χ0v) is 23.5. The van der Waals surface area contributed by atoms with Crippen LogP contribution >= 0.6 is 0 Å². The van der Waals surface area contributed by atoms with E-state index in [2.05, 4.69) is 10.6 Å². The Hall–Kier alpha value is -3.13. The van der Waals surface area contributed by atoms with E-state index in [4.69, 9.17) is 14.5 Å². The monoisotopic (exact) mass is 523 g/mol. The van der Waals surface area contributed by atoms with Crippen molar-refractivity contribution in [3.05, 3.63) is 40.1 Å². The number of aliphatic carboxylic acids is 1. The molecular formula is C30H41N3O5. The molecule has 38 heavy (non-hydrogen) atoms. The molecule has 0 radical (unpaired) electrons. The van der Waals surface area contributed by atoms with Gasteiger partial charge in [0, 0.05) is 22.9 Å². The number of hydrogen-bond donors (Lipinski definition) is 3. The van der Waals surface area contributed by atoms with Gasteiger partial charge in [-0.15, -0.1) is 0 Å². The number of nitrogens with zero attached hydrogens (tertiary/aromatic N) is 1. The number of carboxylic acids is 1. The Kier molecular flexibility index (Phi) is 8.31. The first-order chi connectivity index (χ1) is 18.0. The number of aromatic nitrogens is 1. The molecule has 2 aliphatic rings. The van der Waals surface area contributed by atoms with Crippen molar-refractivity contribution in [2.75, 3.05) is 11.9 Å². The minimum atomic E-state index is -1.25. The zero-order chi connectivity index (χ0) is 27.6. The third-order valence-corrected chi connectivity index (χ3v) is 7.45. The minimum absolute atomic E-state index is 0.139. The maximum atomic E-state index is 12.9. The van der Waals surface area contributed by atoms with Crippen LogP contribution in [0.15, 0.2) is 12.1 Å². The van der Waals surface area contributed by atoms with Crippen LogP contribution in [0, 0.1) is 20.8 Å². The van der Waals surface area contributed by atoms with E-state index in [0.29, 0.717) is 29.2 Å². The van der Waals surface area contributed by atoms with Crippen LogP contribution in [0.3, 0.4) is 0 Å². The molecule has 8 nitrogen and oxygen atoms in total. The third kappa shape index (κ3) is 6.12. The molecule has 3 N–H and O–H groups in total. The number of hydrogen-bond acceptors (Lipinski definition) is 5. The molecule has 2 amide bonds. The van der Waals surface area contributed by atoms with Gasteiger partial charge in [0.05, 0.1) is 12.2 Å². The second-order valence-electron chi connectivity index (χ2n) is 11.5. The summed E-state index contributed by atoms with van der Waals surface area (Å²) >= 11 is 0. The van der Waals surface area contributed by atoms with E-state index in [1.54, 1.807) is 6.92 Å². The molecule has 1 aliphatic carbocycles. The van der Waals surface area contributed by atoms with Crippen LogP contribution in [-0.4, -0.2) is 40.3 Å². The number of aryl methyl sites for hydroxylation is 1. The fourth-order valence-electron chi connectivity index (χ4n) is 5.65. The first-order valence-corrected chi connectivity index (χ1v) is 13.7. The van der Waals surface area contributed by atoms with E-state index in [1.807, 2.05) is 46.8 Å². The molecule has 206 valence electrons. The van der Waals surface area contributed by atoms with Crippen LogP contribution in [0.25, 0.3) is 11.1 Å². The second-order valence-corrected chi connectivity index (χ2v) is 11.5. The number of benzene rings is 1. The van der Waals surface area contributed by atoms with Gasteiger partial charge in [-0.2, -0.15) is 0 Å². The van der Waals surface area contributed by atoms with Crippen LogP contribution in [-0.2, 0) is 16.0 Å². The van der Waals surface area contributed by atoms with Crippen LogP contribution in [0.2, 0.25) is 0 Å². The Labute approximate surface area is 225 Å². The summed E-state index contributed by atoms with van der Waals surface area (Å²) < 4.78 is 12.0. The molecule has 4 rings (SSSR count). The quantitative estimate of drug-likeness (QED) is 0.404. The number of ether oxygens (including phenoxy) is 2. The molecule has 0 bridgehead atoms. The number of fused-ring (bicyclic) bond motifs is 1. The third-order valence-electron chi connectivity index (χ3n) is 7.45. The Bertz CT molecular complexity index is 1210.